The number of aliphatic hydroxyl groups is 1. The number of nitrogens with one attached hydrogen (secondary N) is 2. The second kappa shape index (κ2) is 6.66. The van der Waals surface area contributed by atoms with Crippen LogP contribution in [-0.4, -0.2) is 23.5 Å². The highest BCUT2D eigenvalue weighted by Gasteiger charge is 2.28. The number of amides is 2. The average molecular weight is 316 g/mol. The van der Waals surface area contributed by atoms with Gasteiger partial charge in [0, 0.05) is 5.69 Å². The number of hydrogen-bond donors (Lipinski definition) is 3. The van der Waals surface area contributed by atoms with Crippen LogP contribution in [0.25, 0.3) is 0 Å². The van der Waals surface area contributed by atoms with Crippen LogP contribution in [0.15, 0.2) is 40.8 Å². The third-order valence-corrected chi connectivity index (χ3v) is 3.35. The summed E-state index contributed by atoms with van der Waals surface area (Å²) in [5.41, 5.74) is 0.117. The molecule has 0 radical (unpaired) electrons. The van der Waals surface area contributed by atoms with Crippen molar-refractivity contribution in [3.8, 4) is 0 Å². The largest absolute Gasteiger partial charge is 0.463 e. The molecule has 1 atom stereocenters. The van der Waals surface area contributed by atoms with Gasteiger partial charge in [0.15, 0.2) is 0 Å². The Labute approximate surface area is 134 Å². The number of anilines is 1. The summed E-state index contributed by atoms with van der Waals surface area (Å²) in [6, 6.07) is 10.5. The molecule has 0 spiro atoms. The summed E-state index contributed by atoms with van der Waals surface area (Å²) in [6.45, 7) is 5.01. The number of benzene rings is 1. The smallest absolute Gasteiger partial charge is 0.313 e. The fourth-order valence-corrected chi connectivity index (χ4v) is 2.05. The molecule has 1 heterocycles. The minimum Gasteiger partial charge on any atom is -0.463 e. The van der Waals surface area contributed by atoms with Gasteiger partial charge in [0.25, 0.3) is 0 Å². The lowest BCUT2D eigenvalue weighted by Gasteiger charge is -2.21. The van der Waals surface area contributed by atoms with E-state index in [1.807, 2.05) is 13.0 Å². The van der Waals surface area contributed by atoms with Crippen LogP contribution in [0.3, 0.4) is 0 Å². The first kappa shape index (κ1) is 16.8. The van der Waals surface area contributed by atoms with Crippen LogP contribution in [-0.2, 0) is 15.2 Å². The highest BCUT2D eigenvalue weighted by Crippen LogP contribution is 2.21. The lowest BCUT2D eigenvalue weighted by molar-refractivity contribution is -0.136. The van der Waals surface area contributed by atoms with Crippen LogP contribution in [0.5, 0.6) is 0 Å². The first-order valence-electron chi connectivity index (χ1n) is 7.23. The van der Waals surface area contributed by atoms with Crippen LogP contribution in [0.1, 0.15) is 24.0 Å². The molecule has 1 unspecified atom stereocenters. The van der Waals surface area contributed by atoms with Gasteiger partial charge in [-0.05, 0) is 50.6 Å². The molecule has 2 amide bonds. The first-order chi connectivity index (χ1) is 10.8. The Morgan fingerprint density at radius 1 is 1.17 bits per heavy atom. The van der Waals surface area contributed by atoms with E-state index in [2.05, 4.69) is 10.6 Å². The van der Waals surface area contributed by atoms with Crippen molar-refractivity contribution in [1.29, 1.82) is 0 Å². The number of furan rings is 1. The Morgan fingerprint density at radius 3 is 2.52 bits per heavy atom. The van der Waals surface area contributed by atoms with Crippen LogP contribution >= 0.6 is 0 Å². The zero-order chi connectivity index (χ0) is 17.0. The topological polar surface area (TPSA) is 91.6 Å². The summed E-state index contributed by atoms with van der Waals surface area (Å²) in [5.74, 6) is -0.629. The van der Waals surface area contributed by atoms with E-state index in [4.69, 9.17) is 4.42 Å². The number of carbonyl (C=O) groups excluding carboxylic acids is 2. The molecule has 2 rings (SSSR count). The quantitative estimate of drug-likeness (QED) is 0.751. The van der Waals surface area contributed by atoms with E-state index >= 15 is 0 Å². The molecule has 0 aliphatic carbocycles. The van der Waals surface area contributed by atoms with Gasteiger partial charge in [-0.25, -0.2) is 0 Å². The van der Waals surface area contributed by atoms with Crippen molar-refractivity contribution in [3.63, 3.8) is 0 Å². The first-order valence-corrected chi connectivity index (χ1v) is 7.23. The van der Waals surface area contributed by atoms with E-state index in [0.717, 1.165) is 5.56 Å². The Bertz CT molecular complexity index is 719. The van der Waals surface area contributed by atoms with Gasteiger partial charge in [-0.1, -0.05) is 12.1 Å². The Kier molecular flexibility index (Phi) is 4.86. The molecule has 122 valence electrons. The Hall–Kier alpha value is -2.60. The molecule has 0 saturated heterocycles. The number of rotatable bonds is 4. The van der Waals surface area contributed by atoms with Gasteiger partial charge in [0.2, 0.25) is 0 Å². The molecule has 1 aromatic heterocycles. The van der Waals surface area contributed by atoms with Gasteiger partial charge >= 0.3 is 11.8 Å². The van der Waals surface area contributed by atoms with Crippen molar-refractivity contribution in [1.82, 2.24) is 5.32 Å². The van der Waals surface area contributed by atoms with Gasteiger partial charge < -0.3 is 20.2 Å². The van der Waals surface area contributed by atoms with Crippen LogP contribution < -0.4 is 10.6 Å². The fraction of sp³-hybridized carbons (Fsp3) is 0.294. The van der Waals surface area contributed by atoms with Gasteiger partial charge in [0.1, 0.15) is 17.1 Å². The summed E-state index contributed by atoms with van der Waals surface area (Å²) in [4.78, 5) is 23.7. The van der Waals surface area contributed by atoms with E-state index < -0.39 is 17.4 Å². The lowest BCUT2D eigenvalue weighted by Crippen LogP contribution is -2.43. The van der Waals surface area contributed by atoms with E-state index in [1.165, 1.54) is 6.92 Å². The summed E-state index contributed by atoms with van der Waals surface area (Å²) in [5, 5.41) is 15.2. The molecule has 0 aliphatic rings. The number of carbonyl (C=O) groups is 2. The van der Waals surface area contributed by atoms with Crippen LogP contribution in [0.2, 0.25) is 0 Å². The third-order valence-electron chi connectivity index (χ3n) is 3.35. The lowest BCUT2D eigenvalue weighted by atomic mass is 10.0. The van der Waals surface area contributed by atoms with Gasteiger partial charge in [-0.2, -0.15) is 0 Å². The molecule has 3 N–H and O–H groups in total. The predicted molar refractivity (Wildman–Crippen MR) is 85.8 cm³/mol. The molecule has 2 aromatic rings. The zero-order valence-electron chi connectivity index (χ0n) is 13.3. The van der Waals surface area contributed by atoms with Crippen molar-refractivity contribution >= 4 is 17.5 Å². The predicted octanol–water partition coefficient (Wildman–Crippen LogP) is 1.86. The minimum absolute atomic E-state index is 0.139. The Morgan fingerprint density at radius 2 is 1.91 bits per heavy atom. The van der Waals surface area contributed by atoms with E-state index in [9.17, 15) is 14.7 Å². The maximum absolute atomic E-state index is 11.9. The molecule has 0 saturated carbocycles. The van der Waals surface area contributed by atoms with Crippen molar-refractivity contribution in [2.24, 2.45) is 0 Å². The number of aryl methyl sites for hydroxylation is 2. The third kappa shape index (κ3) is 4.43. The summed E-state index contributed by atoms with van der Waals surface area (Å²) >= 11 is 0. The maximum Gasteiger partial charge on any atom is 0.313 e. The standard InChI is InChI=1S/C17H20N2O4/c1-11-5-4-6-13(9-11)19-16(21)15(20)18-10-17(3,22)14-8-7-12(2)23-14/h4-9,22H,10H2,1-3H3,(H,18,20)(H,19,21). The fourth-order valence-electron chi connectivity index (χ4n) is 2.05. The van der Waals surface area contributed by atoms with E-state index in [1.54, 1.807) is 37.3 Å². The normalized spacial score (nSPS) is 13.2. The molecular weight excluding hydrogens is 296 g/mol. The maximum atomic E-state index is 11.9. The zero-order valence-corrected chi connectivity index (χ0v) is 13.3. The second-order valence-corrected chi connectivity index (χ2v) is 5.69. The van der Waals surface area contributed by atoms with Crippen LogP contribution in [0.4, 0.5) is 5.69 Å². The molecule has 23 heavy (non-hydrogen) atoms. The van der Waals surface area contributed by atoms with E-state index in [-0.39, 0.29) is 6.54 Å². The highest BCUT2D eigenvalue weighted by atomic mass is 16.4. The molecular formula is C17H20N2O4. The highest BCUT2D eigenvalue weighted by molar-refractivity contribution is 6.39. The van der Waals surface area contributed by atoms with Crippen molar-refractivity contribution in [3.05, 3.63) is 53.5 Å². The van der Waals surface area contributed by atoms with Gasteiger partial charge in [-0.3, -0.25) is 9.59 Å². The number of hydrogen-bond acceptors (Lipinski definition) is 4. The summed E-state index contributed by atoms with van der Waals surface area (Å²) < 4.78 is 5.35. The molecule has 0 aliphatic heterocycles. The molecule has 6 heteroatoms. The summed E-state index contributed by atoms with van der Waals surface area (Å²) in [6.07, 6.45) is 0. The summed E-state index contributed by atoms with van der Waals surface area (Å²) in [7, 11) is 0. The molecule has 6 nitrogen and oxygen atoms in total. The minimum atomic E-state index is -1.40. The van der Waals surface area contributed by atoms with Crippen molar-refractivity contribution in [2.45, 2.75) is 26.4 Å². The molecule has 0 fully saturated rings. The Balaban J connectivity index is 1.92. The molecule has 0 bridgehead atoms. The van der Waals surface area contributed by atoms with Gasteiger partial charge in [0.05, 0.1) is 6.54 Å². The molecule has 1 aromatic carbocycles. The van der Waals surface area contributed by atoms with Crippen molar-refractivity contribution in [2.75, 3.05) is 11.9 Å². The van der Waals surface area contributed by atoms with Crippen LogP contribution in [0, 0.1) is 13.8 Å². The second-order valence-electron chi connectivity index (χ2n) is 5.69. The van der Waals surface area contributed by atoms with Crippen molar-refractivity contribution < 1.29 is 19.1 Å². The monoisotopic (exact) mass is 316 g/mol. The SMILES string of the molecule is Cc1cccc(NC(=O)C(=O)NCC(C)(O)c2ccc(C)o2)c1. The average Bonchev–Trinajstić information content (AvgIpc) is 2.92. The van der Waals surface area contributed by atoms with E-state index in [0.29, 0.717) is 17.2 Å². The van der Waals surface area contributed by atoms with Gasteiger partial charge in [-0.15, -0.1) is 0 Å².